The maximum absolute atomic E-state index is 15.3. The zero-order chi connectivity index (χ0) is 27.8. The number of halogens is 1. The summed E-state index contributed by atoms with van der Waals surface area (Å²) in [6.45, 7) is 5.51. The Hall–Kier alpha value is -3.19. The van der Waals surface area contributed by atoms with Crippen molar-refractivity contribution in [1.82, 2.24) is 0 Å². The lowest BCUT2D eigenvalue weighted by Gasteiger charge is -2.20. The molecule has 0 saturated heterocycles. The predicted molar refractivity (Wildman–Crippen MR) is 122 cm³/mol. The van der Waals surface area contributed by atoms with E-state index in [1.165, 1.54) is 10.6 Å². The zero-order valence-electron chi connectivity index (χ0n) is 24.5. The van der Waals surface area contributed by atoms with E-state index in [9.17, 15) is 6.63 Å². The first-order chi connectivity index (χ1) is 16.9. The summed E-state index contributed by atoms with van der Waals surface area (Å²) in [5, 5.41) is 10.1. The summed E-state index contributed by atoms with van der Waals surface area (Å²) in [4.78, 5) is 0. The largest absolute Gasteiger partial charge is 0.454 e. The second kappa shape index (κ2) is 7.20. The molecule has 4 aromatic rings. The van der Waals surface area contributed by atoms with E-state index in [-0.39, 0.29) is 50.7 Å². The molecule has 158 valence electrons. The van der Waals surface area contributed by atoms with Crippen LogP contribution in [0, 0.1) is 43.3 Å². The minimum atomic E-state index is -2.68. The number of nitrogens with zero attached hydrogens (tertiary/aromatic N) is 2. The number of hydrogen-bond donors (Lipinski definition) is 0. The van der Waals surface area contributed by atoms with Crippen molar-refractivity contribution < 1.29 is 21.6 Å². The predicted octanol–water partition coefficient (Wildman–Crippen LogP) is 6.60. The van der Waals surface area contributed by atoms with Crippen molar-refractivity contribution in [2.45, 2.75) is 47.8 Å². The molecule has 0 aliphatic heterocycles. The third-order valence-electron chi connectivity index (χ3n) is 5.47. The Kier molecular flexibility index (Phi) is 3.43. The fourth-order valence-electron chi connectivity index (χ4n) is 3.91. The minimum absolute atomic E-state index is 0.114. The topological polar surface area (TPSA) is 40.8 Å². The van der Waals surface area contributed by atoms with Gasteiger partial charge in [0.1, 0.15) is 18.9 Å². The monoisotopic (exact) mass is 421 g/mol. The lowest BCUT2D eigenvalue weighted by atomic mass is 9.85. The van der Waals surface area contributed by atoms with Crippen molar-refractivity contribution in [2.75, 3.05) is 0 Å². The molecule has 4 heteroatoms. The molecule has 4 rings (SSSR count). The van der Waals surface area contributed by atoms with Crippen LogP contribution in [0.5, 0.6) is 0 Å². The summed E-state index contributed by atoms with van der Waals surface area (Å²) in [5.74, 6) is -0.555. The van der Waals surface area contributed by atoms with Crippen molar-refractivity contribution in [3.63, 3.8) is 0 Å². The molecule has 0 amide bonds. The molecule has 2 heterocycles. The first-order valence-corrected chi connectivity index (χ1v) is 10.0. The van der Waals surface area contributed by atoms with Gasteiger partial charge in [-0.3, -0.25) is 0 Å². The zero-order valence-corrected chi connectivity index (χ0v) is 18.5. The van der Waals surface area contributed by atoms with E-state index in [1.807, 2.05) is 0 Å². The number of rotatable bonds is 2. The number of hydrogen-bond acceptors (Lipinski definition) is 2. The van der Waals surface area contributed by atoms with Gasteiger partial charge in [0.05, 0.1) is 17.9 Å². The molecule has 0 fully saturated rings. The molecular formula is C27H28FN2O+. The van der Waals surface area contributed by atoms with E-state index >= 15 is 4.39 Å². The fourth-order valence-corrected chi connectivity index (χ4v) is 3.91. The second-order valence-corrected chi connectivity index (χ2v) is 8.89. The summed E-state index contributed by atoms with van der Waals surface area (Å²) in [6.07, 6.45) is -2.20. The molecule has 3 nitrogen and oxygen atoms in total. The van der Waals surface area contributed by atoms with Crippen LogP contribution in [0.4, 0.5) is 4.39 Å². The molecule has 0 aliphatic rings. The van der Waals surface area contributed by atoms with Gasteiger partial charge in [-0.2, -0.15) is 9.83 Å². The Morgan fingerprint density at radius 2 is 2.03 bits per heavy atom. The molecule has 0 radical (unpaired) electrons. The number of para-hydroxylation sites is 1. The van der Waals surface area contributed by atoms with Crippen LogP contribution in [-0.4, -0.2) is 0 Å². The van der Waals surface area contributed by atoms with Gasteiger partial charge in [-0.25, -0.2) is 4.39 Å². The number of pyridine rings is 1. The van der Waals surface area contributed by atoms with Crippen molar-refractivity contribution in [3.8, 4) is 17.3 Å². The molecule has 0 unspecified atom stereocenters. The van der Waals surface area contributed by atoms with Crippen LogP contribution in [0.1, 0.15) is 56.9 Å². The van der Waals surface area contributed by atoms with E-state index in [4.69, 9.17) is 11.3 Å². The minimum Gasteiger partial charge on any atom is -0.454 e. The highest BCUT2D eigenvalue weighted by Crippen LogP contribution is 2.40. The van der Waals surface area contributed by atoms with Crippen LogP contribution in [-0.2, 0) is 13.4 Å². The first-order valence-electron chi connectivity index (χ1n) is 13.0. The molecular weight excluding hydrogens is 387 g/mol. The SMILES string of the molecule is [2H]c1c(C([2H])([2H])C(C)(C)C)c(C([2H])([2H])[2H])c(C)[n+](C)c1-c1c(C)cc(F)c2c1oc1c(C#N)cccc12. The molecule has 0 saturated carbocycles. The Labute approximate surface area is 191 Å². The van der Waals surface area contributed by atoms with Gasteiger partial charge in [-0.1, -0.05) is 32.9 Å². The molecule has 0 spiro atoms. The third kappa shape index (κ3) is 3.39. The van der Waals surface area contributed by atoms with Crippen LogP contribution in [0.15, 0.2) is 34.7 Å². The van der Waals surface area contributed by atoms with Gasteiger partial charge in [-0.05, 0) is 48.8 Å². The Balaban J connectivity index is 2.28. The molecule has 2 aromatic heterocycles. The van der Waals surface area contributed by atoms with Crippen LogP contribution >= 0.6 is 0 Å². The first kappa shape index (κ1) is 14.8. The summed E-state index contributed by atoms with van der Waals surface area (Å²) in [7, 11) is 1.60. The summed E-state index contributed by atoms with van der Waals surface area (Å²) >= 11 is 0. The van der Waals surface area contributed by atoms with Crippen molar-refractivity contribution in [3.05, 3.63) is 64.1 Å². The highest BCUT2D eigenvalue weighted by atomic mass is 19.1. The Morgan fingerprint density at radius 3 is 2.68 bits per heavy atom. The fraction of sp³-hybridized carbons (Fsp3) is 0.333. The van der Waals surface area contributed by atoms with Gasteiger partial charge in [0.2, 0.25) is 5.69 Å². The number of aryl methyl sites for hydroxylation is 1. The molecule has 0 aliphatic carbocycles. The van der Waals surface area contributed by atoms with E-state index in [2.05, 4.69) is 6.07 Å². The van der Waals surface area contributed by atoms with Crippen LogP contribution < -0.4 is 4.57 Å². The van der Waals surface area contributed by atoms with E-state index in [0.29, 0.717) is 16.5 Å². The third-order valence-corrected chi connectivity index (χ3v) is 5.47. The van der Waals surface area contributed by atoms with Gasteiger partial charge < -0.3 is 4.42 Å². The quantitative estimate of drug-likeness (QED) is 0.342. The standard InChI is InChI=1S/C27H28FN2O/c1-15-11-21(28)24-20-10-8-9-18(14-29)25(20)31-26(24)23(15)22-12-19(13-27(4,5)6)16(2)17(3)30(22)7/h8-12H,13H2,1-7H3/q+1/i2D3,12D,13D2. The van der Waals surface area contributed by atoms with Crippen LogP contribution in [0.3, 0.4) is 0 Å². The number of furan rings is 1. The Bertz CT molecular complexity index is 1640. The second-order valence-electron chi connectivity index (χ2n) is 8.89. The van der Waals surface area contributed by atoms with E-state index in [0.717, 1.165) is 0 Å². The molecule has 31 heavy (non-hydrogen) atoms. The normalized spacial score (nSPS) is 15.7. The van der Waals surface area contributed by atoms with Crippen LogP contribution in [0.2, 0.25) is 0 Å². The van der Waals surface area contributed by atoms with Gasteiger partial charge in [0, 0.05) is 30.8 Å². The van der Waals surface area contributed by atoms with Gasteiger partial charge >= 0.3 is 0 Å². The van der Waals surface area contributed by atoms with E-state index < -0.39 is 24.5 Å². The van der Waals surface area contributed by atoms with Gasteiger partial charge in [-0.15, -0.1) is 0 Å². The van der Waals surface area contributed by atoms with Gasteiger partial charge in [0.25, 0.3) is 0 Å². The number of fused-ring (bicyclic) bond motifs is 3. The average Bonchev–Trinajstić information content (AvgIpc) is 3.16. The van der Waals surface area contributed by atoms with Crippen molar-refractivity contribution in [1.29, 1.82) is 5.26 Å². The lowest BCUT2D eigenvalue weighted by Crippen LogP contribution is -2.36. The molecule has 0 bridgehead atoms. The number of benzene rings is 2. The lowest BCUT2D eigenvalue weighted by molar-refractivity contribution is -0.667. The maximum Gasteiger partial charge on any atom is 0.216 e. The molecule has 0 N–H and O–H groups in total. The average molecular weight is 422 g/mol. The molecule has 2 aromatic carbocycles. The Morgan fingerprint density at radius 1 is 1.29 bits per heavy atom. The summed E-state index contributed by atoms with van der Waals surface area (Å²) in [6, 6.07) is 7.91. The highest BCUT2D eigenvalue weighted by molar-refractivity contribution is 6.11. The highest BCUT2D eigenvalue weighted by Gasteiger charge is 2.27. The summed E-state index contributed by atoms with van der Waals surface area (Å²) in [5.41, 5.74) is 0.307. The maximum atomic E-state index is 15.3. The van der Waals surface area contributed by atoms with Crippen molar-refractivity contribution >= 4 is 21.9 Å². The van der Waals surface area contributed by atoms with Crippen molar-refractivity contribution in [2.24, 2.45) is 12.5 Å². The van der Waals surface area contributed by atoms with Crippen LogP contribution in [0.25, 0.3) is 33.2 Å². The smallest absolute Gasteiger partial charge is 0.216 e. The van der Waals surface area contributed by atoms with Gasteiger partial charge in [0.15, 0.2) is 16.9 Å². The molecule has 0 atom stereocenters. The number of nitriles is 1. The van der Waals surface area contributed by atoms with E-state index in [1.54, 1.807) is 59.9 Å². The summed E-state index contributed by atoms with van der Waals surface area (Å²) < 4.78 is 74.7. The number of aromatic nitrogens is 1.